The molecule has 0 aliphatic heterocycles. The number of carbonyl (C=O) groups is 2. The third-order valence-corrected chi connectivity index (χ3v) is 3.14. The van der Waals surface area contributed by atoms with Gasteiger partial charge in [0.1, 0.15) is 5.82 Å². The summed E-state index contributed by atoms with van der Waals surface area (Å²) >= 11 is 5.62. The number of amides is 1. The summed E-state index contributed by atoms with van der Waals surface area (Å²) in [6, 6.07) is 5.59. The number of alkyl halides is 3. The van der Waals surface area contributed by atoms with Gasteiger partial charge in [-0.25, -0.2) is 14.2 Å². The van der Waals surface area contributed by atoms with Crippen LogP contribution in [0.3, 0.4) is 0 Å². The second-order valence-electron chi connectivity index (χ2n) is 4.66. The number of nitrogens with zero attached hydrogens (tertiary/aromatic N) is 1. The molecule has 132 valence electrons. The predicted octanol–water partition coefficient (Wildman–Crippen LogP) is 3.69. The first-order valence-electron chi connectivity index (χ1n) is 6.62. The smallest absolute Gasteiger partial charge is 0.417 e. The predicted molar refractivity (Wildman–Crippen MR) is 79.6 cm³/mol. The van der Waals surface area contributed by atoms with Gasteiger partial charge in [0.2, 0.25) is 0 Å². The molecule has 0 saturated heterocycles. The number of esters is 1. The van der Waals surface area contributed by atoms with Crippen LogP contribution in [0.5, 0.6) is 0 Å². The first-order chi connectivity index (χ1) is 11.7. The zero-order valence-corrected chi connectivity index (χ0v) is 13.0. The van der Waals surface area contributed by atoms with Gasteiger partial charge in [-0.05, 0) is 18.2 Å². The first-order valence-corrected chi connectivity index (χ1v) is 7.00. The van der Waals surface area contributed by atoms with Gasteiger partial charge in [0.25, 0.3) is 5.91 Å². The largest absolute Gasteiger partial charge is 0.452 e. The van der Waals surface area contributed by atoms with Gasteiger partial charge in [-0.1, -0.05) is 23.7 Å². The van der Waals surface area contributed by atoms with E-state index in [1.807, 2.05) is 0 Å². The lowest BCUT2D eigenvalue weighted by Crippen LogP contribution is -2.22. The number of aromatic nitrogens is 1. The molecule has 5 nitrogen and oxygen atoms in total. The highest BCUT2D eigenvalue weighted by Gasteiger charge is 2.31. The number of hydrogen-bond acceptors (Lipinski definition) is 4. The van der Waals surface area contributed by atoms with Crippen molar-refractivity contribution in [3.8, 4) is 0 Å². The fraction of sp³-hybridized carbons (Fsp3) is 0.133. The molecule has 0 atom stereocenters. The molecule has 2 aromatic rings. The number of nitrogens with one attached hydrogen (secondary N) is 1. The van der Waals surface area contributed by atoms with E-state index in [1.165, 1.54) is 18.2 Å². The molecule has 1 heterocycles. The molecule has 10 heteroatoms. The van der Waals surface area contributed by atoms with Gasteiger partial charge in [0, 0.05) is 6.20 Å². The molecule has 0 aliphatic carbocycles. The number of hydrogen-bond donors (Lipinski definition) is 1. The van der Waals surface area contributed by atoms with E-state index in [2.05, 4.69) is 15.0 Å². The highest BCUT2D eigenvalue weighted by Crippen LogP contribution is 2.32. The molecule has 0 radical (unpaired) electrons. The minimum Gasteiger partial charge on any atom is -0.452 e. The van der Waals surface area contributed by atoms with E-state index in [0.29, 0.717) is 12.3 Å². The number of anilines is 1. The highest BCUT2D eigenvalue weighted by molar-refractivity contribution is 6.33. The lowest BCUT2D eigenvalue weighted by atomic mass is 10.2. The van der Waals surface area contributed by atoms with Gasteiger partial charge >= 0.3 is 12.1 Å². The van der Waals surface area contributed by atoms with Crippen LogP contribution in [0.2, 0.25) is 5.02 Å². The van der Waals surface area contributed by atoms with Crippen molar-refractivity contribution in [2.75, 3.05) is 11.9 Å². The molecule has 1 N–H and O–H groups in total. The summed E-state index contributed by atoms with van der Waals surface area (Å²) in [6.07, 6.45) is -4.14. The van der Waals surface area contributed by atoms with E-state index in [4.69, 9.17) is 11.6 Å². The molecular weight excluding hydrogens is 368 g/mol. The van der Waals surface area contributed by atoms with Crippen LogP contribution in [-0.4, -0.2) is 23.5 Å². The number of ether oxygens (including phenoxy) is 1. The van der Waals surface area contributed by atoms with Crippen LogP contribution in [0.25, 0.3) is 0 Å². The van der Waals surface area contributed by atoms with Crippen molar-refractivity contribution in [3.63, 3.8) is 0 Å². The summed E-state index contributed by atoms with van der Waals surface area (Å²) in [4.78, 5) is 26.7. The number of benzene rings is 1. The Morgan fingerprint density at radius 3 is 2.52 bits per heavy atom. The molecule has 0 aliphatic rings. The maximum Gasteiger partial charge on any atom is 0.417 e. The molecule has 1 aromatic carbocycles. The van der Waals surface area contributed by atoms with Crippen LogP contribution in [-0.2, 0) is 15.7 Å². The summed E-state index contributed by atoms with van der Waals surface area (Å²) in [5.41, 5.74) is -1.44. The van der Waals surface area contributed by atoms with Crippen molar-refractivity contribution < 1.29 is 31.9 Å². The number of rotatable bonds is 4. The molecule has 0 spiro atoms. The quantitative estimate of drug-likeness (QED) is 0.653. The van der Waals surface area contributed by atoms with Crippen molar-refractivity contribution in [1.29, 1.82) is 0 Å². The van der Waals surface area contributed by atoms with Crippen molar-refractivity contribution >= 4 is 29.3 Å². The second kappa shape index (κ2) is 7.47. The van der Waals surface area contributed by atoms with E-state index in [9.17, 15) is 27.2 Å². The van der Waals surface area contributed by atoms with Crippen LogP contribution < -0.4 is 5.32 Å². The monoisotopic (exact) mass is 376 g/mol. The van der Waals surface area contributed by atoms with Gasteiger partial charge in [-0.3, -0.25) is 4.79 Å². The first kappa shape index (κ1) is 18.7. The highest BCUT2D eigenvalue weighted by atomic mass is 35.5. The molecular formula is C15H9ClF4N2O3. The van der Waals surface area contributed by atoms with Gasteiger partial charge in [-0.15, -0.1) is 0 Å². The Labute approximate surface area is 143 Å². The van der Waals surface area contributed by atoms with E-state index >= 15 is 0 Å². The van der Waals surface area contributed by atoms with Gasteiger partial charge < -0.3 is 10.1 Å². The number of carbonyl (C=O) groups excluding carboxylic acids is 2. The summed E-state index contributed by atoms with van der Waals surface area (Å²) in [5, 5.41) is 1.65. The van der Waals surface area contributed by atoms with Crippen LogP contribution in [0, 0.1) is 5.82 Å². The molecule has 1 aromatic heterocycles. The minimum absolute atomic E-state index is 0.332. The SMILES string of the molecule is O=C(COC(=O)c1ccccc1F)Nc1ncc(C(F)(F)F)cc1Cl. The lowest BCUT2D eigenvalue weighted by Gasteiger charge is -2.10. The number of pyridine rings is 1. The molecule has 0 saturated carbocycles. The second-order valence-corrected chi connectivity index (χ2v) is 5.06. The van der Waals surface area contributed by atoms with Crippen molar-refractivity contribution in [1.82, 2.24) is 4.98 Å². The lowest BCUT2D eigenvalue weighted by molar-refractivity contribution is -0.137. The average molecular weight is 377 g/mol. The third kappa shape index (κ3) is 4.90. The summed E-state index contributed by atoms with van der Waals surface area (Å²) in [7, 11) is 0. The molecule has 0 unspecified atom stereocenters. The fourth-order valence-corrected chi connectivity index (χ4v) is 1.90. The van der Waals surface area contributed by atoms with Crippen molar-refractivity contribution in [3.05, 3.63) is 58.5 Å². The molecule has 25 heavy (non-hydrogen) atoms. The Hall–Kier alpha value is -2.68. The summed E-state index contributed by atoms with van der Waals surface area (Å²) < 4.78 is 55.5. The zero-order chi connectivity index (χ0) is 18.6. The van der Waals surface area contributed by atoms with Crippen molar-refractivity contribution in [2.24, 2.45) is 0 Å². The van der Waals surface area contributed by atoms with Gasteiger partial charge in [0.15, 0.2) is 12.4 Å². The fourth-order valence-electron chi connectivity index (χ4n) is 1.69. The molecule has 0 fully saturated rings. The zero-order valence-electron chi connectivity index (χ0n) is 12.2. The average Bonchev–Trinajstić information content (AvgIpc) is 2.54. The Balaban J connectivity index is 1.97. The van der Waals surface area contributed by atoms with Crippen molar-refractivity contribution in [2.45, 2.75) is 6.18 Å². The van der Waals surface area contributed by atoms with Crippen LogP contribution in [0.15, 0.2) is 36.5 Å². The van der Waals surface area contributed by atoms with E-state index in [0.717, 1.165) is 6.07 Å². The van der Waals surface area contributed by atoms with Gasteiger partial charge in [0.05, 0.1) is 16.1 Å². The maximum atomic E-state index is 13.4. The summed E-state index contributed by atoms with van der Waals surface area (Å²) in [6.45, 7) is -0.799. The standard InChI is InChI=1S/C15H9ClF4N2O3/c16-10-5-8(15(18,19)20)6-21-13(10)22-12(23)7-25-14(24)9-3-1-2-4-11(9)17/h1-6H,7H2,(H,21,22,23). The summed E-state index contributed by atoms with van der Waals surface area (Å²) in [5.74, 6) is -3.12. The Kier molecular flexibility index (Phi) is 5.58. The van der Waals surface area contributed by atoms with Crippen LogP contribution >= 0.6 is 11.6 Å². The molecule has 0 bridgehead atoms. The third-order valence-electron chi connectivity index (χ3n) is 2.85. The topological polar surface area (TPSA) is 68.3 Å². The van der Waals surface area contributed by atoms with E-state index in [-0.39, 0.29) is 11.4 Å². The Morgan fingerprint density at radius 2 is 1.92 bits per heavy atom. The van der Waals surface area contributed by atoms with Gasteiger partial charge in [-0.2, -0.15) is 13.2 Å². The Morgan fingerprint density at radius 1 is 1.24 bits per heavy atom. The maximum absolute atomic E-state index is 13.4. The number of halogens is 5. The minimum atomic E-state index is -4.63. The molecule has 1 amide bonds. The van der Waals surface area contributed by atoms with E-state index < -0.39 is 41.1 Å². The normalized spacial score (nSPS) is 11.1. The van der Waals surface area contributed by atoms with Crippen LogP contribution in [0.4, 0.5) is 23.4 Å². The van der Waals surface area contributed by atoms with Crippen LogP contribution in [0.1, 0.15) is 15.9 Å². The van der Waals surface area contributed by atoms with E-state index in [1.54, 1.807) is 0 Å². The molecule has 2 rings (SSSR count). The Bertz CT molecular complexity index is 812.